The predicted molar refractivity (Wildman–Crippen MR) is 167 cm³/mol. The van der Waals surface area contributed by atoms with Crippen LogP contribution in [0, 0.1) is 6.92 Å². The first-order valence-electron chi connectivity index (χ1n) is 14.5. The molecule has 0 radical (unpaired) electrons. The molecular weight excluding hydrogens is 476 g/mol. The number of aromatic nitrogens is 4. The van der Waals surface area contributed by atoms with Gasteiger partial charge in [-0.15, -0.1) is 0 Å². The minimum atomic E-state index is 0.416. The number of benzene rings is 3. The lowest BCUT2D eigenvalue weighted by molar-refractivity contribution is 0.827. The van der Waals surface area contributed by atoms with E-state index < -0.39 is 0 Å². The van der Waals surface area contributed by atoms with Gasteiger partial charge in [-0.05, 0) is 58.9 Å². The van der Waals surface area contributed by atoms with Crippen molar-refractivity contribution in [2.45, 2.75) is 86.0 Å². The Bertz CT molecular complexity index is 1520. The Hall–Kier alpha value is -3.40. The summed E-state index contributed by atoms with van der Waals surface area (Å²) in [6.07, 6.45) is 0. The van der Waals surface area contributed by atoms with E-state index >= 15 is 0 Å². The van der Waals surface area contributed by atoms with Gasteiger partial charge in [0.1, 0.15) is 11.6 Å². The molecule has 0 aliphatic heterocycles. The summed E-state index contributed by atoms with van der Waals surface area (Å²) >= 11 is 0. The molecule has 0 aliphatic carbocycles. The molecule has 3 aromatic carbocycles. The lowest BCUT2D eigenvalue weighted by Crippen LogP contribution is -2.05. The first kappa shape index (κ1) is 27.2. The predicted octanol–water partition coefficient (Wildman–Crippen LogP) is 9.60. The molecule has 0 atom stereocenters. The minimum Gasteiger partial charge on any atom is -0.327 e. The molecule has 0 aliphatic rings. The van der Waals surface area contributed by atoms with Gasteiger partial charge in [0.25, 0.3) is 0 Å². The first-order valence-corrected chi connectivity index (χ1v) is 14.5. The van der Waals surface area contributed by atoms with Crippen LogP contribution in [0.1, 0.15) is 107 Å². The van der Waals surface area contributed by atoms with Crippen LogP contribution in [0.5, 0.6) is 0 Å². The Labute approximate surface area is 234 Å². The van der Waals surface area contributed by atoms with E-state index in [-0.39, 0.29) is 0 Å². The molecule has 39 heavy (non-hydrogen) atoms. The summed E-state index contributed by atoms with van der Waals surface area (Å²) in [5.74, 6) is 3.75. The normalized spacial score (nSPS) is 12.4. The summed E-state index contributed by atoms with van der Waals surface area (Å²) < 4.78 is 4.62. The fraction of sp³-hybridized carbons (Fsp3) is 0.429. The standard InChI is InChI=1S/C35H44N4/c1-19(2)24-14-12-15-25(20(3)4)30(24)34-36-28-18-29-33(23(9)32(28)38(34)10)39(11)35(37-29)31-26(21(5)6)16-13-17-27(31)22(7)8/h12-22H,1-11H3. The summed E-state index contributed by atoms with van der Waals surface area (Å²) in [7, 11) is 4.35. The summed E-state index contributed by atoms with van der Waals surface area (Å²) in [5, 5.41) is 0. The highest BCUT2D eigenvalue weighted by atomic mass is 15.1. The maximum atomic E-state index is 5.30. The molecule has 0 spiro atoms. The minimum absolute atomic E-state index is 0.416. The van der Waals surface area contributed by atoms with Gasteiger partial charge in [0.15, 0.2) is 0 Å². The van der Waals surface area contributed by atoms with E-state index in [2.05, 4.69) is 128 Å². The summed E-state index contributed by atoms with van der Waals surface area (Å²) in [5.41, 5.74) is 13.6. The zero-order chi connectivity index (χ0) is 28.3. The van der Waals surface area contributed by atoms with Crippen molar-refractivity contribution in [3.63, 3.8) is 0 Å². The molecule has 5 aromatic rings. The topological polar surface area (TPSA) is 35.6 Å². The molecule has 0 bridgehead atoms. The number of hydrogen-bond donors (Lipinski definition) is 0. The van der Waals surface area contributed by atoms with Crippen LogP contribution >= 0.6 is 0 Å². The highest BCUT2D eigenvalue weighted by Gasteiger charge is 2.25. The Kier molecular flexibility index (Phi) is 6.95. The quantitative estimate of drug-likeness (QED) is 0.223. The van der Waals surface area contributed by atoms with E-state index in [0.717, 1.165) is 22.7 Å². The third kappa shape index (κ3) is 4.29. The molecule has 0 fully saturated rings. The second kappa shape index (κ2) is 9.97. The van der Waals surface area contributed by atoms with Crippen LogP contribution in [0.3, 0.4) is 0 Å². The Morgan fingerprint density at radius 2 is 0.846 bits per heavy atom. The average Bonchev–Trinajstić information content (AvgIpc) is 3.39. The second-order valence-corrected chi connectivity index (χ2v) is 12.5. The van der Waals surface area contributed by atoms with E-state index in [0.29, 0.717) is 23.7 Å². The Morgan fingerprint density at radius 3 is 1.13 bits per heavy atom. The fourth-order valence-corrected chi connectivity index (χ4v) is 6.44. The summed E-state index contributed by atoms with van der Waals surface area (Å²) in [6, 6.07) is 15.7. The number of aryl methyl sites for hydroxylation is 3. The van der Waals surface area contributed by atoms with Gasteiger partial charge in [0, 0.05) is 30.8 Å². The van der Waals surface area contributed by atoms with Gasteiger partial charge in [-0.3, -0.25) is 0 Å². The van der Waals surface area contributed by atoms with Gasteiger partial charge in [-0.2, -0.15) is 0 Å². The molecule has 5 rings (SSSR count). The third-order valence-corrected chi connectivity index (χ3v) is 8.42. The van der Waals surface area contributed by atoms with Gasteiger partial charge in [0.05, 0.1) is 22.1 Å². The molecule has 0 unspecified atom stereocenters. The van der Waals surface area contributed by atoms with E-state index in [1.807, 2.05) is 0 Å². The van der Waals surface area contributed by atoms with Crippen LogP contribution in [-0.4, -0.2) is 19.1 Å². The van der Waals surface area contributed by atoms with Crippen LogP contribution < -0.4 is 0 Å². The van der Waals surface area contributed by atoms with Gasteiger partial charge in [-0.25, -0.2) is 9.97 Å². The zero-order valence-electron chi connectivity index (χ0n) is 25.6. The van der Waals surface area contributed by atoms with Gasteiger partial charge in [-0.1, -0.05) is 91.8 Å². The van der Waals surface area contributed by atoms with Crippen LogP contribution in [0.4, 0.5) is 0 Å². The molecule has 204 valence electrons. The molecular formula is C35H44N4. The molecule has 4 nitrogen and oxygen atoms in total. The fourth-order valence-electron chi connectivity index (χ4n) is 6.44. The zero-order valence-corrected chi connectivity index (χ0v) is 25.6. The van der Waals surface area contributed by atoms with Crippen molar-refractivity contribution < 1.29 is 0 Å². The number of nitrogens with zero attached hydrogens (tertiary/aromatic N) is 4. The van der Waals surface area contributed by atoms with Crippen molar-refractivity contribution in [3.05, 3.63) is 70.3 Å². The van der Waals surface area contributed by atoms with E-state index in [4.69, 9.17) is 9.97 Å². The molecule has 2 aromatic heterocycles. The summed E-state index contributed by atoms with van der Waals surface area (Å²) in [4.78, 5) is 10.6. The molecule has 0 N–H and O–H groups in total. The molecule has 2 heterocycles. The SMILES string of the molecule is Cc1c2c(cc3nc(-c4c(C(C)C)cccc4C(C)C)n(C)c13)nc(-c1c(C(C)C)cccc1C(C)C)n2C. The van der Waals surface area contributed by atoms with Crippen LogP contribution in [0.2, 0.25) is 0 Å². The van der Waals surface area contributed by atoms with E-state index in [9.17, 15) is 0 Å². The molecule has 0 amide bonds. The highest BCUT2D eigenvalue weighted by Crippen LogP contribution is 2.41. The number of fused-ring (bicyclic) bond motifs is 2. The Morgan fingerprint density at radius 1 is 0.538 bits per heavy atom. The van der Waals surface area contributed by atoms with Crippen LogP contribution in [0.25, 0.3) is 44.8 Å². The third-order valence-electron chi connectivity index (χ3n) is 8.42. The van der Waals surface area contributed by atoms with Crippen LogP contribution in [-0.2, 0) is 14.1 Å². The van der Waals surface area contributed by atoms with Crippen molar-refractivity contribution in [1.82, 2.24) is 19.1 Å². The van der Waals surface area contributed by atoms with Crippen molar-refractivity contribution >= 4 is 22.1 Å². The number of imidazole rings is 2. The summed E-state index contributed by atoms with van der Waals surface area (Å²) in [6.45, 7) is 20.4. The first-order chi connectivity index (χ1) is 18.4. The van der Waals surface area contributed by atoms with Crippen LogP contribution in [0.15, 0.2) is 42.5 Å². The monoisotopic (exact) mass is 520 g/mol. The lowest BCUT2D eigenvalue weighted by atomic mass is 9.88. The van der Waals surface area contributed by atoms with Crippen molar-refractivity contribution in [2.75, 3.05) is 0 Å². The van der Waals surface area contributed by atoms with E-state index in [1.54, 1.807) is 0 Å². The van der Waals surface area contributed by atoms with Gasteiger partial charge in [0.2, 0.25) is 0 Å². The highest BCUT2D eigenvalue weighted by molar-refractivity contribution is 5.99. The molecule has 0 saturated carbocycles. The van der Waals surface area contributed by atoms with Crippen molar-refractivity contribution in [1.29, 1.82) is 0 Å². The second-order valence-electron chi connectivity index (χ2n) is 12.5. The van der Waals surface area contributed by atoms with Gasteiger partial charge < -0.3 is 9.13 Å². The number of hydrogen-bond acceptors (Lipinski definition) is 2. The largest absolute Gasteiger partial charge is 0.327 e. The molecule has 4 heteroatoms. The maximum absolute atomic E-state index is 5.30. The smallest absolute Gasteiger partial charge is 0.141 e. The number of rotatable bonds is 6. The Balaban J connectivity index is 1.81. The maximum Gasteiger partial charge on any atom is 0.141 e. The van der Waals surface area contributed by atoms with Crippen molar-refractivity contribution in [2.24, 2.45) is 14.1 Å². The lowest BCUT2D eigenvalue weighted by Gasteiger charge is -2.19. The van der Waals surface area contributed by atoms with Crippen molar-refractivity contribution in [3.8, 4) is 22.8 Å². The van der Waals surface area contributed by atoms with Gasteiger partial charge >= 0.3 is 0 Å². The van der Waals surface area contributed by atoms with E-state index in [1.165, 1.54) is 50.0 Å². The average molecular weight is 521 g/mol. The molecule has 0 saturated heterocycles.